The molecular weight excluding hydrogens is 1150 g/mol. The van der Waals surface area contributed by atoms with Crippen LogP contribution in [0.1, 0.15) is 438 Å². The Morgan fingerprint density at radius 1 is 0.323 bits per heavy atom. The number of unbranched alkanes of at least 4 members (excludes halogenated alkanes) is 60. The quantitative estimate of drug-likeness (QED) is 0.0211. The van der Waals surface area contributed by atoms with E-state index in [9.17, 15) is 19.5 Å². The highest BCUT2D eigenvalue weighted by molar-refractivity contribution is 5.71. The van der Waals surface area contributed by atoms with Crippen LogP contribution >= 0.6 is 0 Å². The Labute approximate surface area is 579 Å². The first-order valence-electron chi connectivity index (χ1n) is 41.5. The predicted octanol–water partition coefficient (Wildman–Crippen LogP) is 26.5. The summed E-state index contributed by atoms with van der Waals surface area (Å²) in [6.07, 6.45) is 93.6. The molecule has 0 aromatic heterocycles. The number of nitrogens with zero attached hydrogens (tertiary/aromatic N) is 1. The van der Waals surface area contributed by atoms with E-state index >= 15 is 0 Å². The molecule has 0 radical (unpaired) electrons. The van der Waals surface area contributed by atoms with Crippen molar-refractivity contribution >= 4 is 17.9 Å². The molecule has 0 aromatic rings. The van der Waals surface area contributed by atoms with Crippen LogP contribution in [0.5, 0.6) is 0 Å². The van der Waals surface area contributed by atoms with E-state index in [4.69, 9.17) is 18.9 Å². The molecule has 2 atom stereocenters. The average Bonchev–Trinajstić information content (AvgIpc) is 3.38. The van der Waals surface area contributed by atoms with Gasteiger partial charge in [-0.05, 0) is 44.9 Å². The van der Waals surface area contributed by atoms with Crippen molar-refractivity contribution in [2.45, 2.75) is 450 Å². The number of rotatable bonds is 79. The van der Waals surface area contributed by atoms with Gasteiger partial charge in [0.1, 0.15) is 13.2 Å². The third-order valence-electron chi connectivity index (χ3n) is 19.2. The minimum atomic E-state index is -1.51. The number of carboxylic acids is 1. The highest BCUT2D eigenvalue weighted by Gasteiger charge is 2.25. The van der Waals surface area contributed by atoms with Crippen molar-refractivity contribution in [3.63, 3.8) is 0 Å². The molecule has 550 valence electrons. The minimum absolute atomic E-state index is 0.173. The van der Waals surface area contributed by atoms with Gasteiger partial charge in [-0.2, -0.15) is 0 Å². The zero-order valence-electron chi connectivity index (χ0n) is 63.2. The van der Waals surface area contributed by atoms with Crippen LogP contribution in [0.15, 0.2) is 24.3 Å². The van der Waals surface area contributed by atoms with Crippen LogP contribution < -0.4 is 0 Å². The van der Waals surface area contributed by atoms with Gasteiger partial charge in [0.25, 0.3) is 6.29 Å². The third-order valence-corrected chi connectivity index (χ3v) is 19.2. The van der Waals surface area contributed by atoms with Crippen LogP contribution in [0.4, 0.5) is 0 Å². The Balaban J connectivity index is 3.92. The van der Waals surface area contributed by atoms with E-state index in [1.165, 1.54) is 366 Å². The summed E-state index contributed by atoms with van der Waals surface area (Å²) < 4.78 is 23.1. The van der Waals surface area contributed by atoms with Gasteiger partial charge in [0.15, 0.2) is 6.10 Å². The maximum atomic E-state index is 13.0. The second kappa shape index (κ2) is 75.5. The molecule has 0 aliphatic rings. The third kappa shape index (κ3) is 77.0. The fourth-order valence-corrected chi connectivity index (χ4v) is 12.9. The molecule has 0 saturated carbocycles. The monoisotopic (exact) mass is 1310 g/mol. The first kappa shape index (κ1) is 90.8. The molecule has 0 heterocycles. The number of esters is 2. The number of hydrogen-bond donors (Lipinski definition) is 1. The van der Waals surface area contributed by atoms with Gasteiger partial charge in [-0.3, -0.25) is 9.59 Å². The lowest BCUT2D eigenvalue weighted by Crippen LogP contribution is -2.40. The molecular formula is C84H162NO8+. The van der Waals surface area contributed by atoms with E-state index in [-0.39, 0.29) is 38.2 Å². The zero-order chi connectivity index (χ0) is 67.5. The highest BCUT2D eigenvalue weighted by Crippen LogP contribution is 2.21. The normalized spacial score (nSPS) is 12.7. The SMILES string of the molecule is CCCCCCC/C=C\C/C=C\CCCCCCCCCCCCCCCCCCCCCCCCCCCCCC(=O)OC(COC(=O)CCCCCCCCCCCCCCCCCCCCCCCCCCCCCCC)COC(OCC[N+](C)(C)C)C(=O)O. The predicted molar refractivity (Wildman–Crippen MR) is 401 cm³/mol. The summed E-state index contributed by atoms with van der Waals surface area (Å²) >= 11 is 0. The molecule has 0 fully saturated rings. The number of likely N-dealkylation sites (N-methyl/N-ethyl adjacent to an activating group) is 1. The van der Waals surface area contributed by atoms with E-state index in [2.05, 4.69) is 38.2 Å². The van der Waals surface area contributed by atoms with E-state index < -0.39 is 18.4 Å². The first-order chi connectivity index (χ1) is 45.6. The van der Waals surface area contributed by atoms with Crippen LogP contribution in [0.25, 0.3) is 0 Å². The Hall–Kier alpha value is -2.23. The number of quaternary nitrogens is 1. The van der Waals surface area contributed by atoms with Crippen molar-refractivity contribution in [3.8, 4) is 0 Å². The van der Waals surface area contributed by atoms with Crippen molar-refractivity contribution < 1.29 is 42.9 Å². The standard InChI is InChI=1S/C84H161NO8/c1-6-8-10-12-14-16-18-20-22-24-26-28-30-32-34-36-37-38-39-40-41-42-43-44-45-47-49-51-53-55-57-59-61-63-65-67-69-71-73-75-82(87)93-80(79-92-84(83(88)89)90-77-76-85(3,4)5)78-91-81(86)74-72-70-68-66-64-62-60-58-56-54-52-50-48-46-35-33-31-29-27-25-23-21-19-17-15-13-11-9-7-2/h18,20,24,26,80,84H,6-17,19,21-23,25,27-79H2,1-5H3/p+1/b20-18-,26-24-. The molecule has 0 spiro atoms. The molecule has 9 heteroatoms. The summed E-state index contributed by atoms with van der Waals surface area (Å²) in [7, 11) is 6.00. The molecule has 0 rings (SSSR count). The second-order valence-electron chi connectivity index (χ2n) is 29.8. The Kier molecular flexibility index (Phi) is 73.7. The van der Waals surface area contributed by atoms with Gasteiger partial charge in [0, 0.05) is 12.8 Å². The number of ether oxygens (including phenoxy) is 4. The summed E-state index contributed by atoms with van der Waals surface area (Å²) in [6.45, 7) is 4.96. The maximum Gasteiger partial charge on any atom is 0.361 e. The second-order valence-corrected chi connectivity index (χ2v) is 29.8. The fraction of sp³-hybridized carbons (Fsp3) is 0.917. The van der Waals surface area contributed by atoms with E-state index in [0.29, 0.717) is 17.4 Å². The molecule has 0 amide bonds. The number of hydrogen-bond acceptors (Lipinski definition) is 7. The molecule has 0 saturated heterocycles. The first-order valence-corrected chi connectivity index (χ1v) is 41.5. The maximum absolute atomic E-state index is 13.0. The highest BCUT2D eigenvalue weighted by atomic mass is 16.7. The Bertz CT molecular complexity index is 1580. The molecule has 0 aliphatic carbocycles. The summed E-state index contributed by atoms with van der Waals surface area (Å²) in [5.41, 5.74) is 0. The van der Waals surface area contributed by atoms with Gasteiger partial charge in [-0.15, -0.1) is 0 Å². The van der Waals surface area contributed by atoms with Crippen molar-refractivity contribution in [2.75, 3.05) is 47.5 Å². The lowest BCUT2D eigenvalue weighted by molar-refractivity contribution is -0.870. The lowest BCUT2D eigenvalue weighted by atomic mass is 10.0. The Morgan fingerprint density at radius 3 is 0.849 bits per heavy atom. The van der Waals surface area contributed by atoms with Crippen molar-refractivity contribution in [3.05, 3.63) is 24.3 Å². The molecule has 9 nitrogen and oxygen atoms in total. The van der Waals surface area contributed by atoms with E-state index in [1.807, 2.05) is 21.1 Å². The van der Waals surface area contributed by atoms with Crippen molar-refractivity contribution in [2.24, 2.45) is 0 Å². The number of allylic oxidation sites excluding steroid dienone is 4. The van der Waals surface area contributed by atoms with Gasteiger partial charge >= 0.3 is 17.9 Å². The molecule has 0 aromatic carbocycles. The molecule has 0 aliphatic heterocycles. The Morgan fingerprint density at radius 2 is 0.581 bits per heavy atom. The number of carboxylic acid groups (broad SMARTS) is 1. The van der Waals surface area contributed by atoms with Crippen LogP contribution in [-0.4, -0.2) is 87.4 Å². The molecule has 2 unspecified atom stereocenters. The lowest BCUT2D eigenvalue weighted by Gasteiger charge is -2.25. The zero-order valence-corrected chi connectivity index (χ0v) is 63.2. The van der Waals surface area contributed by atoms with Crippen LogP contribution in [0.3, 0.4) is 0 Å². The largest absolute Gasteiger partial charge is 0.477 e. The van der Waals surface area contributed by atoms with Crippen LogP contribution in [0.2, 0.25) is 0 Å². The van der Waals surface area contributed by atoms with Gasteiger partial charge in [0.2, 0.25) is 0 Å². The number of carbonyl (C=O) groups is 3. The molecule has 1 N–H and O–H groups in total. The fourth-order valence-electron chi connectivity index (χ4n) is 12.9. The van der Waals surface area contributed by atoms with Gasteiger partial charge in [-0.25, -0.2) is 4.79 Å². The summed E-state index contributed by atoms with van der Waals surface area (Å²) in [6, 6.07) is 0. The van der Waals surface area contributed by atoms with Gasteiger partial charge in [-0.1, -0.05) is 404 Å². The number of carbonyl (C=O) groups excluding carboxylic acids is 2. The van der Waals surface area contributed by atoms with Gasteiger partial charge < -0.3 is 28.5 Å². The van der Waals surface area contributed by atoms with Crippen molar-refractivity contribution in [1.82, 2.24) is 0 Å². The summed E-state index contributed by atoms with van der Waals surface area (Å²) in [5, 5.41) is 9.78. The van der Waals surface area contributed by atoms with Gasteiger partial charge in [0.05, 0.1) is 34.4 Å². The van der Waals surface area contributed by atoms with Crippen molar-refractivity contribution in [1.29, 1.82) is 0 Å². The van der Waals surface area contributed by atoms with Crippen LogP contribution in [0, 0.1) is 0 Å². The van der Waals surface area contributed by atoms with E-state index in [1.54, 1.807) is 0 Å². The average molecular weight is 1310 g/mol. The smallest absolute Gasteiger partial charge is 0.361 e. The number of aliphatic carboxylic acids is 1. The topological polar surface area (TPSA) is 108 Å². The molecule has 0 bridgehead atoms. The van der Waals surface area contributed by atoms with E-state index in [0.717, 1.165) is 44.9 Å². The minimum Gasteiger partial charge on any atom is -0.477 e. The van der Waals surface area contributed by atoms with Crippen LogP contribution in [-0.2, 0) is 33.3 Å². The molecule has 93 heavy (non-hydrogen) atoms. The summed E-state index contributed by atoms with van der Waals surface area (Å²) in [5.74, 6) is -1.96. The summed E-state index contributed by atoms with van der Waals surface area (Å²) in [4.78, 5) is 37.7.